The number of ketones is 1. The molecule has 94 valence electrons. The Kier molecular flexibility index (Phi) is 3.55. The summed E-state index contributed by atoms with van der Waals surface area (Å²) in [4.78, 5) is 15.4. The minimum Gasteiger partial charge on any atom is -0.301 e. The van der Waals surface area contributed by atoms with Crippen molar-refractivity contribution < 1.29 is 9.18 Å². The van der Waals surface area contributed by atoms with Gasteiger partial charge in [0.1, 0.15) is 11.6 Å². The number of halogens is 1. The summed E-state index contributed by atoms with van der Waals surface area (Å²) in [7, 11) is 0. The minimum atomic E-state index is -0.405. The summed E-state index contributed by atoms with van der Waals surface area (Å²) in [6, 6.07) is 4.52. The van der Waals surface area contributed by atoms with Crippen LogP contribution in [0.2, 0.25) is 0 Å². The first-order valence-corrected chi connectivity index (χ1v) is 5.96. The van der Waals surface area contributed by atoms with Gasteiger partial charge in [0.2, 0.25) is 0 Å². The third-order valence-corrected chi connectivity index (χ3v) is 2.80. The predicted octanol–water partition coefficient (Wildman–Crippen LogP) is 3.17. The van der Waals surface area contributed by atoms with Gasteiger partial charge in [0.25, 0.3) is 0 Å². The number of carbonyl (C=O) groups is 1. The topological polar surface area (TPSA) is 34.9 Å². The Morgan fingerprint density at radius 1 is 1.44 bits per heavy atom. The van der Waals surface area contributed by atoms with Crippen LogP contribution in [-0.2, 0) is 6.42 Å². The highest BCUT2D eigenvalue weighted by Gasteiger charge is 2.10. The minimum absolute atomic E-state index is 0.139. The Bertz CT molecular complexity index is 575. The number of rotatable bonds is 4. The highest BCUT2D eigenvalue weighted by atomic mass is 19.1. The van der Waals surface area contributed by atoms with E-state index in [-0.39, 0.29) is 5.78 Å². The normalized spacial score (nSPS) is 10.6. The van der Waals surface area contributed by atoms with Crippen LogP contribution in [0.15, 0.2) is 30.6 Å². The molecule has 0 aliphatic heterocycles. The van der Waals surface area contributed by atoms with Crippen molar-refractivity contribution in [3.05, 3.63) is 47.8 Å². The lowest BCUT2D eigenvalue weighted by molar-refractivity contribution is 0.101. The summed E-state index contributed by atoms with van der Waals surface area (Å²) in [5.41, 5.74) is 0.814. The lowest BCUT2D eigenvalue weighted by atomic mass is 10.1. The van der Waals surface area contributed by atoms with Gasteiger partial charge in [-0.15, -0.1) is 0 Å². The molecule has 0 aliphatic carbocycles. The Morgan fingerprint density at radius 3 is 2.83 bits per heavy atom. The fraction of sp³-hybridized carbons (Fsp3) is 0.286. The summed E-state index contributed by atoms with van der Waals surface area (Å²) in [5.74, 6) is 0.282. The number of benzene rings is 1. The molecule has 4 heteroatoms. The van der Waals surface area contributed by atoms with E-state index in [1.165, 1.54) is 13.0 Å². The average molecular weight is 246 g/mol. The first-order valence-electron chi connectivity index (χ1n) is 5.96. The summed E-state index contributed by atoms with van der Waals surface area (Å²) in [5, 5.41) is 0. The van der Waals surface area contributed by atoms with Gasteiger partial charge < -0.3 is 4.57 Å². The first-order chi connectivity index (χ1) is 8.63. The molecular formula is C14H15FN2O. The maximum absolute atomic E-state index is 14.0. The third kappa shape index (κ3) is 2.32. The van der Waals surface area contributed by atoms with Crippen molar-refractivity contribution >= 4 is 5.78 Å². The zero-order chi connectivity index (χ0) is 13.1. The molecule has 0 fully saturated rings. The van der Waals surface area contributed by atoms with Crippen molar-refractivity contribution in [1.29, 1.82) is 0 Å². The molecule has 18 heavy (non-hydrogen) atoms. The van der Waals surface area contributed by atoms with Crippen molar-refractivity contribution in [2.45, 2.75) is 26.7 Å². The number of aromatic nitrogens is 2. The standard InChI is InChI=1S/C14H15FN2O/c1-3-4-14-16-7-8-17(14)13-6-5-11(10(2)18)9-12(13)15/h5-9H,3-4H2,1-2H3. The molecule has 0 bridgehead atoms. The van der Waals surface area contributed by atoms with Crippen molar-refractivity contribution in [1.82, 2.24) is 9.55 Å². The molecule has 0 N–H and O–H groups in total. The molecule has 0 saturated carbocycles. The van der Waals surface area contributed by atoms with Gasteiger partial charge in [-0.3, -0.25) is 4.79 Å². The molecule has 0 amide bonds. The molecule has 0 spiro atoms. The maximum Gasteiger partial charge on any atom is 0.159 e. The maximum atomic E-state index is 14.0. The van der Waals surface area contributed by atoms with Crippen molar-refractivity contribution in [3.63, 3.8) is 0 Å². The summed E-state index contributed by atoms with van der Waals surface area (Å²) in [6.45, 7) is 3.47. The summed E-state index contributed by atoms with van der Waals surface area (Å²) < 4.78 is 15.7. The lowest BCUT2D eigenvalue weighted by Gasteiger charge is -2.09. The zero-order valence-corrected chi connectivity index (χ0v) is 10.5. The number of carbonyl (C=O) groups excluding carboxylic acids is 1. The van der Waals surface area contributed by atoms with Crippen LogP contribution in [0.25, 0.3) is 5.69 Å². The highest BCUT2D eigenvalue weighted by molar-refractivity contribution is 5.94. The van der Waals surface area contributed by atoms with E-state index < -0.39 is 5.82 Å². The largest absolute Gasteiger partial charge is 0.301 e. The van der Waals surface area contributed by atoms with Crippen molar-refractivity contribution in [3.8, 4) is 5.69 Å². The number of hydrogen-bond acceptors (Lipinski definition) is 2. The second-order valence-corrected chi connectivity index (χ2v) is 4.19. The third-order valence-electron chi connectivity index (χ3n) is 2.80. The molecule has 3 nitrogen and oxygen atoms in total. The average Bonchev–Trinajstić information content (AvgIpc) is 2.77. The van der Waals surface area contributed by atoms with Crippen LogP contribution in [0, 0.1) is 5.82 Å². The number of Topliss-reactive ketones (excluding diaryl/α,β-unsaturated/α-hetero) is 1. The predicted molar refractivity (Wildman–Crippen MR) is 67.5 cm³/mol. The second kappa shape index (κ2) is 5.12. The Labute approximate surface area is 105 Å². The van der Waals surface area contributed by atoms with E-state index in [1.807, 2.05) is 6.92 Å². The van der Waals surface area contributed by atoms with Gasteiger partial charge >= 0.3 is 0 Å². The number of aryl methyl sites for hydroxylation is 1. The molecule has 1 aromatic carbocycles. The second-order valence-electron chi connectivity index (χ2n) is 4.19. The number of hydrogen-bond donors (Lipinski definition) is 0. The number of imidazole rings is 1. The van der Waals surface area contributed by atoms with E-state index in [0.29, 0.717) is 11.3 Å². The molecule has 0 saturated heterocycles. The monoisotopic (exact) mass is 246 g/mol. The fourth-order valence-corrected chi connectivity index (χ4v) is 1.88. The Balaban J connectivity index is 2.44. The molecule has 0 radical (unpaired) electrons. The van der Waals surface area contributed by atoms with Gasteiger partial charge in [0.05, 0.1) is 5.69 Å². The van der Waals surface area contributed by atoms with Gasteiger partial charge in [-0.05, 0) is 31.5 Å². The van der Waals surface area contributed by atoms with Crippen LogP contribution in [0.1, 0.15) is 36.5 Å². The molecule has 0 unspecified atom stereocenters. The fourth-order valence-electron chi connectivity index (χ4n) is 1.88. The van der Waals surface area contributed by atoms with Crippen LogP contribution >= 0.6 is 0 Å². The van der Waals surface area contributed by atoms with E-state index in [4.69, 9.17) is 0 Å². The Hall–Kier alpha value is -1.97. The van der Waals surface area contributed by atoms with Crippen LogP contribution < -0.4 is 0 Å². The van der Waals surface area contributed by atoms with E-state index in [0.717, 1.165) is 18.7 Å². The molecule has 1 aromatic heterocycles. The van der Waals surface area contributed by atoms with Crippen LogP contribution in [0.5, 0.6) is 0 Å². The van der Waals surface area contributed by atoms with E-state index in [1.54, 1.807) is 29.1 Å². The van der Waals surface area contributed by atoms with E-state index >= 15 is 0 Å². The smallest absolute Gasteiger partial charge is 0.159 e. The molecule has 2 aromatic rings. The van der Waals surface area contributed by atoms with Gasteiger partial charge in [-0.1, -0.05) is 6.92 Å². The lowest BCUT2D eigenvalue weighted by Crippen LogP contribution is -2.04. The number of nitrogens with zero attached hydrogens (tertiary/aromatic N) is 2. The molecular weight excluding hydrogens is 231 g/mol. The summed E-state index contributed by atoms with van der Waals surface area (Å²) in [6.07, 6.45) is 5.13. The van der Waals surface area contributed by atoms with Gasteiger partial charge in [-0.25, -0.2) is 9.37 Å². The van der Waals surface area contributed by atoms with Gasteiger partial charge in [-0.2, -0.15) is 0 Å². The van der Waals surface area contributed by atoms with Gasteiger partial charge in [0, 0.05) is 24.4 Å². The summed E-state index contributed by atoms with van der Waals surface area (Å²) >= 11 is 0. The van der Waals surface area contributed by atoms with Crippen molar-refractivity contribution in [2.75, 3.05) is 0 Å². The van der Waals surface area contributed by atoms with Crippen molar-refractivity contribution in [2.24, 2.45) is 0 Å². The van der Waals surface area contributed by atoms with Crippen LogP contribution in [-0.4, -0.2) is 15.3 Å². The SMILES string of the molecule is CCCc1nccn1-c1ccc(C(C)=O)cc1F. The van der Waals surface area contributed by atoms with Crippen LogP contribution in [0.4, 0.5) is 4.39 Å². The zero-order valence-electron chi connectivity index (χ0n) is 10.5. The molecule has 1 heterocycles. The van der Waals surface area contributed by atoms with E-state index in [2.05, 4.69) is 4.98 Å². The molecule has 2 rings (SSSR count). The van der Waals surface area contributed by atoms with E-state index in [9.17, 15) is 9.18 Å². The quantitative estimate of drug-likeness (QED) is 0.777. The molecule has 0 atom stereocenters. The molecule has 0 aliphatic rings. The van der Waals surface area contributed by atoms with Gasteiger partial charge in [0.15, 0.2) is 5.78 Å². The highest BCUT2D eigenvalue weighted by Crippen LogP contribution is 2.18. The van der Waals surface area contributed by atoms with Crippen LogP contribution in [0.3, 0.4) is 0 Å². The first kappa shape index (κ1) is 12.5. The Morgan fingerprint density at radius 2 is 2.22 bits per heavy atom.